The number of nitrogens with zero attached hydrogens (tertiary/aromatic N) is 1. The number of ether oxygens (including phenoxy) is 2. The summed E-state index contributed by atoms with van der Waals surface area (Å²) in [4.78, 5) is 29.4. The van der Waals surface area contributed by atoms with E-state index < -0.39 is 6.04 Å². The number of amides is 2. The van der Waals surface area contributed by atoms with Crippen molar-refractivity contribution in [3.05, 3.63) is 54.2 Å². The fourth-order valence-corrected chi connectivity index (χ4v) is 3.54. The summed E-state index contributed by atoms with van der Waals surface area (Å²) in [5, 5.41) is 5.68. The van der Waals surface area contributed by atoms with Crippen molar-refractivity contribution >= 4 is 11.8 Å². The minimum absolute atomic E-state index is 0.0798. The zero-order valence-corrected chi connectivity index (χ0v) is 18.2. The highest BCUT2D eigenvalue weighted by atomic mass is 16.5. The quantitative estimate of drug-likeness (QED) is 0.610. The van der Waals surface area contributed by atoms with Crippen molar-refractivity contribution in [2.24, 2.45) is 5.92 Å². The number of benzene rings is 1. The molecule has 1 fully saturated rings. The average Bonchev–Trinajstić information content (AvgIpc) is 3.29. The van der Waals surface area contributed by atoms with Crippen LogP contribution in [0, 0.1) is 5.92 Å². The largest absolute Gasteiger partial charge is 0.484 e. The second-order valence-electron chi connectivity index (χ2n) is 8.10. The average molecular weight is 426 g/mol. The van der Waals surface area contributed by atoms with Crippen LogP contribution in [-0.2, 0) is 16.1 Å². The molecule has 7 nitrogen and oxygen atoms in total. The Morgan fingerprint density at radius 2 is 1.84 bits per heavy atom. The molecule has 1 aliphatic carbocycles. The molecule has 3 rings (SSSR count). The lowest BCUT2D eigenvalue weighted by molar-refractivity contribution is -0.131. The highest BCUT2D eigenvalue weighted by Gasteiger charge is 2.25. The summed E-state index contributed by atoms with van der Waals surface area (Å²) in [5.41, 5.74) is 0.823. The number of rotatable bonds is 10. The summed E-state index contributed by atoms with van der Waals surface area (Å²) >= 11 is 0. The maximum atomic E-state index is 12.8. The third-order valence-corrected chi connectivity index (χ3v) is 5.26. The van der Waals surface area contributed by atoms with Crippen LogP contribution in [0.3, 0.4) is 0 Å². The summed E-state index contributed by atoms with van der Waals surface area (Å²) in [7, 11) is 0. The molecule has 1 aliphatic rings. The first kappa shape index (κ1) is 22.6. The molecule has 2 amide bonds. The van der Waals surface area contributed by atoms with Crippen LogP contribution < -0.4 is 20.1 Å². The smallest absolute Gasteiger partial charge is 0.258 e. The molecule has 1 aromatic carbocycles. The Morgan fingerprint density at radius 3 is 2.55 bits per heavy atom. The summed E-state index contributed by atoms with van der Waals surface area (Å²) < 4.78 is 11.5. The number of nitrogens with one attached hydrogen (secondary N) is 2. The third kappa shape index (κ3) is 6.98. The normalized spacial score (nSPS) is 14.8. The topological polar surface area (TPSA) is 89.5 Å². The van der Waals surface area contributed by atoms with Crippen molar-refractivity contribution in [1.29, 1.82) is 0 Å². The van der Waals surface area contributed by atoms with Gasteiger partial charge >= 0.3 is 0 Å². The Hall–Kier alpha value is -3.09. The van der Waals surface area contributed by atoms with Crippen LogP contribution >= 0.6 is 0 Å². The van der Waals surface area contributed by atoms with Gasteiger partial charge in [-0.05, 0) is 49.8 Å². The molecule has 0 aliphatic heterocycles. The van der Waals surface area contributed by atoms with E-state index in [-0.39, 0.29) is 37.0 Å². The molecule has 0 radical (unpaired) electrons. The lowest BCUT2D eigenvalue weighted by Gasteiger charge is -2.22. The maximum absolute atomic E-state index is 12.8. The fraction of sp³-hybridized carbons (Fsp3) is 0.458. The van der Waals surface area contributed by atoms with E-state index in [2.05, 4.69) is 15.6 Å². The predicted octanol–water partition coefficient (Wildman–Crippen LogP) is 3.24. The van der Waals surface area contributed by atoms with Crippen molar-refractivity contribution in [3.8, 4) is 11.6 Å². The zero-order valence-electron chi connectivity index (χ0n) is 18.2. The van der Waals surface area contributed by atoms with Crippen LogP contribution in [0.4, 0.5) is 0 Å². The molecule has 0 spiro atoms. The van der Waals surface area contributed by atoms with Gasteiger partial charge in [0.25, 0.3) is 5.91 Å². The molecule has 166 valence electrons. The van der Waals surface area contributed by atoms with Gasteiger partial charge < -0.3 is 20.1 Å². The molecule has 7 heteroatoms. The third-order valence-electron chi connectivity index (χ3n) is 5.26. The van der Waals surface area contributed by atoms with E-state index >= 15 is 0 Å². The molecule has 1 aromatic heterocycles. The Morgan fingerprint density at radius 1 is 1.10 bits per heavy atom. The molecule has 2 aromatic rings. The molecule has 1 unspecified atom stereocenters. The summed E-state index contributed by atoms with van der Waals surface area (Å²) in [6, 6.07) is 12.2. The van der Waals surface area contributed by atoms with Crippen molar-refractivity contribution in [1.82, 2.24) is 15.6 Å². The highest BCUT2D eigenvalue weighted by molar-refractivity contribution is 5.88. The number of carbonyl (C=O) groups excluding carboxylic acids is 2. The Labute approximate surface area is 183 Å². The number of aromatic nitrogens is 1. The molecular weight excluding hydrogens is 394 g/mol. The number of para-hydroxylation sites is 1. The van der Waals surface area contributed by atoms with Crippen LogP contribution in [0.1, 0.15) is 45.1 Å². The van der Waals surface area contributed by atoms with Crippen LogP contribution in [0.15, 0.2) is 48.7 Å². The molecule has 0 saturated heterocycles. The van der Waals surface area contributed by atoms with Crippen molar-refractivity contribution in [2.45, 2.75) is 58.2 Å². The summed E-state index contributed by atoms with van der Waals surface area (Å²) in [6.45, 7) is 3.92. The molecule has 31 heavy (non-hydrogen) atoms. The molecule has 1 atom stereocenters. The van der Waals surface area contributed by atoms with Gasteiger partial charge in [0, 0.05) is 18.3 Å². The van der Waals surface area contributed by atoms with Crippen molar-refractivity contribution < 1.29 is 19.1 Å². The van der Waals surface area contributed by atoms with E-state index in [0.29, 0.717) is 11.6 Å². The van der Waals surface area contributed by atoms with Gasteiger partial charge in [0.2, 0.25) is 11.8 Å². The van der Waals surface area contributed by atoms with Gasteiger partial charge in [-0.15, -0.1) is 0 Å². The van der Waals surface area contributed by atoms with Crippen LogP contribution in [-0.4, -0.2) is 35.6 Å². The van der Waals surface area contributed by atoms with Gasteiger partial charge in [0.05, 0.1) is 0 Å². The predicted molar refractivity (Wildman–Crippen MR) is 118 cm³/mol. The molecule has 1 saturated carbocycles. The molecule has 2 N–H and O–H groups in total. The minimum Gasteiger partial charge on any atom is -0.484 e. The standard InChI is InChI=1S/C24H31N3O4/c1-17(2)22(27-21(28)16-30-19-10-4-3-5-11-19)23(29)26-15-18-9-8-14-25-24(18)31-20-12-6-7-13-20/h3-5,8-11,14,17,20,22H,6-7,12-13,15-16H2,1-2H3,(H,26,29)(H,27,28). The van der Waals surface area contributed by atoms with E-state index in [1.165, 1.54) is 12.8 Å². The Balaban J connectivity index is 1.53. The number of hydrogen-bond acceptors (Lipinski definition) is 5. The molecule has 1 heterocycles. The minimum atomic E-state index is -0.664. The van der Waals surface area contributed by atoms with E-state index in [1.807, 2.05) is 44.2 Å². The van der Waals surface area contributed by atoms with E-state index in [0.717, 1.165) is 18.4 Å². The second kappa shape index (κ2) is 11.3. The van der Waals surface area contributed by atoms with E-state index in [1.54, 1.807) is 18.3 Å². The lowest BCUT2D eigenvalue weighted by atomic mass is 10.0. The fourth-order valence-electron chi connectivity index (χ4n) is 3.54. The maximum Gasteiger partial charge on any atom is 0.258 e. The van der Waals surface area contributed by atoms with Crippen molar-refractivity contribution in [3.63, 3.8) is 0 Å². The van der Waals surface area contributed by atoms with Gasteiger partial charge in [0.1, 0.15) is 17.9 Å². The first-order valence-electron chi connectivity index (χ1n) is 10.9. The zero-order chi connectivity index (χ0) is 22.1. The Kier molecular flexibility index (Phi) is 8.27. The SMILES string of the molecule is CC(C)C(NC(=O)COc1ccccc1)C(=O)NCc1cccnc1OC1CCCC1. The van der Waals surface area contributed by atoms with Gasteiger partial charge in [-0.1, -0.05) is 38.1 Å². The number of hydrogen-bond donors (Lipinski definition) is 2. The van der Waals surface area contributed by atoms with Gasteiger partial charge in [-0.25, -0.2) is 4.98 Å². The monoisotopic (exact) mass is 425 g/mol. The van der Waals surface area contributed by atoms with E-state index in [4.69, 9.17) is 9.47 Å². The van der Waals surface area contributed by atoms with Crippen LogP contribution in [0.5, 0.6) is 11.6 Å². The molecular formula is C24H31N3O4. The van der Waals surface area contributed by atoms with Crippen LogP contribution in [0.25, 0.3) is 0 Å². The van der Waals surface area contributed by atoms with Gasteiger partial charge in [-0.3, -0.25) is 9.59 Å². The first-order chi connectivity index (χ1) is 15.0. The Bertz CT molecular complexity index is 851. The van der Waals surface area contributed by atoms with Crippen LogP contribution in [0.2, 0.25) is 0 Å². The second-order valence-corrected chi connectivity index (χ2v) is 8.10. The summed E-state index contributed by atoms with van der Waals surface area (Å²) in [6.07, 6.45) is 6.31. The van der Waals surface area contributed by atoms with Crippen molar-refractivity contribution in [2.75, 3.05) is 6.61 Å². The number of pyridine rings is 1. The lowest BCUT2D eigenvalue weighted by Crippen LogP contribution is -2.50. The highest BCUT2D eigenvalue weighted by Crippen LogP contribution is 2.25. The van der Waals surface area contributed by atoms with Gasteiger partial charge in [0.15, 0.2) is 6.61 Å². The number of carbonyl (C=O) groups is 2. The first-order valence-corrected chi connectivity index (χ1v) is 10.9. The van der Waals surface area contributed by atoms with E-state index in [9.17, 15) is 9.59 Å². The molecule has 0 bridgehead atoms. The summed E-state index contributed by atoms with van der Waals surface area (Å²) in [5.74, 6) is 0.498. The van der Waals surface area contributed by atoms with Gasteiger partial charge in [-0.2, -0.15) is 0 Å².